The number of rotatable bonds is 5. The van der Waals surface area contributed by atoms with Crippen molar-refractivity contribution in [2.75, 3.05) is 17.0 Å². The minimum Gasteiger partial charge on any atom is -0.329 e. The first-order valence-electron chi connectivity index (χ1n) is 6.42. The van der Waals surface area contributed by atoms with Crippen molar-refractivity contribution in [3.05, 3.63) is 46.4 Å². The minimum atomic E-state index is -3.62. The van der Waals surface area contributed by atoms with Gasteiger partial charge in [-0.2, -0.15) is 0 Å². The van der Waals surface area contributed by atoms with Gasteiger partial charge in [-0.05, 0) is 19.1 Å². The number of hydrogen-bond donors (Lipinski definition) is 2. The highest BCUT2D eigenvalue weighted by Gasteiger charge is 2.20. The van der Waals surface area contributed by atoms with Gasteiger partial charge in [-0.15, -0.1) is 0 Å². The van der Waals surface area contributed by atoms with E-state index < -0.39 is 15.6 Å². The van der Waals surface area contributed by atoms with Gasteiger partial charge in [0.1, 0.15) is 5.69 Å². The molecule has 1 heterocycles. The van der Waals surface area contributed by atoms with Crippen LogP contribution in [-0.2, 0) is 17.1 Å². The van der Waals surface area contributed by atoms with Gasteiger partial charge in [0.25, 0.3) is 5.56 Å². The summed E-state index contributed by atoms with van der Waals surface area (Å²) in [4.78, 5) is 12.5. The molecule has 0 aliphatic heterocycles. The molecule has 0 spiro atoms. The molecule has 114 valence electrons. The molecule has 2 aromatic rings. The number of aromatic nitrogens is 2. The fourth-order valence-corrected chi connectivity index (χ4v) is 3.01. The van der Waals surface area contributed by atoms with Crippen molar-refractivity contribution in [2.24, 2.45) is 12.8 Å². The van der Waals surface area contributed by atoms with Crippen LogP contribution in [0.25, 0.3) is 5.69 Å². The van der Waals surface area contributed by atoms with Crippen LogP contribution in [0.1, 0.15) is 5.69 Å². The molecule has 8 heteroatoms. The van der Waals surface area contributed by atoms with E-state index in [0.717, 1.165) is 0 Å². The van der Waals surface area contributed by atoms with E-state index in [9.17, 15) is 13.2 Å². The zero-order chi connectivity index (χ0) is 15.6. The van der Waals surface area contributed by atoms with Crippen molar-refractivity contribution in [1.82, 2.24) is 9.36 Å². The van der Waals surface area contributed by atoms with Gasteiger partial charge in [0, 0.05) is 13.6 Å². The Balaban J connectivity index is 2.54. The largest absolute Gasteiger partial charge is 0.329 e. The van der Waals surface area contributed by atoms with Gasteiger partial charge in [0.2, 0.25) is 10.0 Å². The number of anilines is 1. The van der Waals surface area contributed by atoms with Crippen LogP contribution in [0.4, 0.5) is 5.69 Å². The molecule has 0 unspecified atom stereocenters. The normalized spacial score (nSPS) is 11.6. The molecule has 0 saturated heterocycles. The highest BCUT2D eigenvalue weighted by molar-refractivity contribution is 7.92. The molecule has 0 saturated carbocycles. The molecule has 1 aromatic heterocycles. The zero-order valence-electron chi connectivity index (χ0n) is 11.9. The molecular formula is C13H18N4O3S. The zero-order valence-corrected chi connectivity index (χ0v) is 12.7. The summed E-state index contributed by atoms with van der Waals surface area (Å²) in [6, 6.07) is 9.01. The summed E-state index contributed by atoms with van der Waals surface area (Å²) < 4.78 is 29.0. The summed E-state index contributed by atoms with van der Waals surface area (Å²) in [5, 5.41) is 0. The van der Waals surface area contributed by atoms with Crippen LogP contribution in [0.2, 0.25) is 0 Å². The topological polar surface area (TPSA) is 99.1 Å². The molecular weight excluding hydrogens is 292 g/mol. The lowest BCUT2D eigenvalue weighted by atomic mass is 10.3. The Morgan fingerprint density at radius 1 is 1.24 bits per heavy atom. The van der Waals surface area contributed by atoms with E-state index in [4.69, 9.17) is 5.73 Å². The standard InChI is InChI=1S/C13H18N4O3S/c1-10-12(15-21(19,20)9-8-14)13(18)17(16(10)2)11-6-4-3-5-7-11/h3-7,15H,8-9,14H2,1-2H3. The number of hydrogen-bond acceptors (Lipinski definition) is 4. The molecule has 1 aromatic carbocycles. The molecule has 3 N–H and O–H groups in total. The monoisotopic (exact) mass is 310 g/mol. The van der Waals surface area contributed by atoms with E-state index in [1.165, 1.54) is 4.68 Å². The molecule has 2 rings (SSSR count). The van der Waals surface area contributed by atoms with Crippen LogP contribution in [0.5, 0.6) is 0 Å². The summed E-state index contributed by atoms with van der Waals surface area (Å²) in [5.41, 5.74) is 6.09. The second kappa shape index (κ2) is 5.74. The number of benzene rings is 1. The van der Waals surface area contributed by atoms with Gasteiger partial charge in [0.15, 0.2) is 0 Å². The lowest BCUT2D eigenvalue weighted by Gasteiger charge is -2.07. The van der Waals surface area contributed by atoms with E-state index in [0.29, 0.717) is 11.4 Å². The quantitative estimate of drug-likeness (QED) is 0.823. The van der Waals surface area contributed by atoms with Crippen LogP contribution in [0, 0.1) is 6.92 Å². The van der Waals surface area contributed by atoms with E-state index >= 15 is 0 Å². The van der Waals surface area contributed by atoms with Crippen LogP contribution in [0.15, 0.2) is 35.1 Å². The first-order chi connectivity index (χ1) is 9.87. The fourth-order valence-electron chi connectivity index (χ4n) is 2.05. The highest BCUT2D eigenvalue weighted by atomic mass is 32.2. The molecule has 0 bridgehead atoms. The van der Waals surface area contributed by atoms with Crippen LogP contribution in [0.3, 0.4) is 0 Å². The lowest BCUT2D eigenvalue weighted by molar-refractivity contribution is 0.601. The van der Waals surface area contributed by atoms with E-state index in [1.54, 1.807) is 30.8 Å². The maximum Gasteiger partial charge on any atom is 0.296 e. The Morgan fingerprint density at radius 2 is 1.86 bits per heavy atom. The van der Waals surface area contributed by atoms with E-state index in [1.807, 2.05) is 18.2 Å². The molecule has 0 atom stereocenters. The molecule has 0 aliphatic rings. The van der Waals surface area contributed by atoms with Gasteiger partial charge in [-0.3, -0.25) is 14.2 Å². The lowest BCUT2D eigenvalue weighted by Crippen LogP contribution is -2.26. The minimum absolute atomic E-state index is 0.00586. The molecule has 0 amide bonds. The van der Waals surface area contributed by atoms with E-state index in [-0.39, 0.29) is 18.0 Å². The first-order valence-corrected chi connectivity index (χ1v) is 8.07. The van der Waals surface area contributed by atoms with Crippen molar-refractivity contribution in [3.8, 4) is 5.69 Å². The number of para-hydroxylation sites is 1. The summed E-state index contributed by atoms with van der Waals surface area (Å²) in [5.74, 6) is -0.230. The van der Waals surface area contributed by atoms with Crippen molar-refractivity contribution in [1.29, 1.82) is 0 Å². The van der Waals surface area contributed by atoms with Gasteiger partial charge in [-0.1, -0.05) is 18.2 Å². The average molecular weight is 310 g/mol. The Kier molecular flexibility index (Phi) is 4.19. The third-order valence-corrected chi connectivity index (χ3v) is 4.49. The fraction of sp³-hybridized carbons (Fsp3) is 0.308. The summed E-state index contributed by atoms with van der Waals surface area (Å²) in [6.45, 7) is 1.68. The maximum absolute atomic E-state index is 12.5. The first kappa shape index (κ1) is 15.3. The maximum atomic E-state index is 12.5. The van der Waals surface area contributed by atoms with Crippen molar-refractivity contribution in [2.45, 2.75) is 6.92 Å². The van der Waals surface area contributed by atoms with Gasteiger partial charge < -0.3 is 5.73 Å². The number of nitrogens with one attached hydrogen (secondary N) is 1. The average Bonchev–Trinajstić information content (AvgIpc) is 2.63. The second-order valence-electron chi connectivity index (χ2n) is 4.65. The predicted octanol–water partition coefficient (Wildman–Crippen LogP) is 0.185. The third-order valence-electron chi connectivity index (χ3n) is 3.20. The van der Waals surface area contributed by atoms with Gasteiger partial charge in [-0.25, -0.2) is 13.1 Å². The molecule has 7 nitrogen and oxygen atoms in total. The van der Waals surface area contributed by atoms with Crippen LogP contribution >= 0.6 is 0 Å². The second-order valence-corrected chi connectivity index (χ2v) is 6.49. The van der Waals surface area contributed by atoms with Crippen molar-refractivity contribution >= 4 is 15.7 Å². The van der Waals surface area contributed by atoms with Crippen LogP contribution < -0.4 is 16.0 Å². The number of nitrogens with two attached hydrogens (primary N) is 1. The summed E-state index contributed by atoms with van der Waals surface area (Å²) in [7, 11) is -1.92. The predicted molar refractivity (Wildman–Crippen MR) is 82.2 cm³/mol. The summed E-state index contributed by atoms with van der Waals surface area (Å²) in [6.07, 6.45) is 0. The molecule has 21 heavy (non-hydrogen) atoms. The Bertz CT molecular complexity index is 791. The van der Waals surface area contributed by atoms with Crippen molar-refractivity contribution < 1.29 is 8.42 Å². The third kappa shape index (κ3) is 3.01. The highest BCUT2D eigenvalue weighted by Crippen LogP contribution is 2.15. The Hall–Kier alpha value is -2.06. The molecule has 0 radical (unpaired) electrons. The van der Waals surface area contributed by atoms with Crippen molar-refractivity contribution in [3.63, 3.8) is 0 Å². The van der Waals surface area contributed by atoms with E-state index in [2.05, 4.69) is 4.72 Å². The van der Waals surface area contributed by atoms with Gasteiger partial charge in [0.05, 0.1) is 17.1 Å². The number of sulfonamides is 1. The Labute approximate surface area is 123 Å². The smallest absolute Gasteiger partial charge is 0.296 e. The molecule has 0 aliphatic carbocycles. The summed E-state index contributed by atoms with van der Waals surface area (Å²) >= 11 is 0. The SMILES string of the molecule is Cc1c(NS(=O)(=O)CCN)c(=O)n(-c2ccccc2)n1C. The molecule has 0 fully saturated rings. The number of nitrogens with zero attached hydrogens (tertiary/aromatic N) is 2. The van der Waals surface area contributed by atoms with Crippen LogP contribution in [-0.4, -0.2) is 30.1 Å². The Morgan fingerprint density at radius 3 is 2.43 bits per heavy atom. The van der Waals surface area contributed by atoms with Gasteiger partial charge >= 0.3 is 0 Å².